The Hall–Kier alpha value is -3.07. The minimum atomic E-state index is -3.62. The summed E-state index contributed by atoms with van der Waals surface area (Å²) in [5.74, 6) is -0.505. The molecule has 0 unspecified atom stereocenters. The minimum Gasteiger partial charge on any atom is -0.476 e. The van der Waals surface area contributed by atoms with E-state index in [9.17, 15) is 18.0 Å². The lowest BCUT2D eigenvalue weighted by Crippen LogP contribution is -2.48. The quantitative estimate of drug-likeness (QED) is 0.638. The highest BCUT2D eigenvalue weighted by Crippen LogP contribution is 2.36. The van der Waals surface area contributed by atoms with E-state index in [2.05, 4.69) is 10.6 Å². The third-order valence-corrected chi connectivity index (χ3v) is 6.07. The third-order valence-electron chi connectivity index (χ3n) is 4.92. The molecule has 1 atom stereocenters. The van der Waals surface area contributed by atoms with E-state index in [1.807, 2.05) is 13.8 Å². The average Bonchev–Trinajstić information content (AvgIpc) is 2.72. The van der Waals surface area contributed by atoms with E-state index in [-0.39, 0.29) is 12.5 Å². The summed E-state index contributed by atoms with van der Waals surface area (Å²) >= 11 is 0. The summed E-state index contributed by atoms with van der Waals surface area (Å²) in [6.07, 6.45) is 1.84. The monoisotopic (exact) mass is 445 g/mol. The number of amides is 2. The maximum Gasteiger partial charge on any atom is 0.267 e. The molecule has 2 N–H and O–H groups in total. The number of unbranched alkanes of at least 4 members (excludes halogenated alkanes) is 1. The highest BCUT2D eigenvalue weighted by molar-refractivity contribution is 7.92. The molecule has 0 aromatic heterocycles. The van der Waals surface area contributed by atoms with Crippen molar-refractivity contribution in [2.24, 2.45) is 0 Å². The summed E-state index contributed by atoms with van der Waals surface area (Å²) in [5.41, 5.74) is 1.95. The molecule has 166 valence electrons. The molecule has 1 aliphatic rings. The molecule has 0 radical (unpaired) electrons. The molecule has 8 nitrogen and oxygen atoms in total. The normalized spacial score (nSPS) is 15.6. The van der Waals surface area contributed by atoms with Crippen molar-refractivity contribution in [3.63, 3.8) is 0 Å². The molecule has 1 aliphatic heterocycles. The summed E-state index contributed by atoms with van der Waals surface area (Å²) in [6, 6.07) is 11.8. The van der Waals surface area contributed by atoms with Gasteiger partial charge in [-0.15, -0.1) is 0 Å². The lowest BCUT2D eigenvalue weighted by atomic mass is 10.1. The van der Waals surface area contributed by atoms with E-state index >= 15 is 0 Å². The van der Waals surface area contributed by atoms with Gasteiger partial charge in [-0.1, -0.05) is 31.5 Å². The third kappa shape index (κ3) is 5.35. The van der Waals surface area contributed by atoms with E-state index < -0.39 is 22.0 Å². The van der Waals surface area contributed by atoms with Crippen molar-refractivity contribution in [3.05, 3.63) is 53.6 Å². The number of carbonyl (C=O) groups excluding carboxylic acids is 2. The molecular weight excluding hydrogens is 418 g/mol. The van der Waals surface area contributed by atoms with Crippen LogP contribution in [0.1, 0.15) is 35.7 Å². The van der Waals surface area contributed by atoms with Crippen LogP contribution in [-0.2, 0) is 14.8 Å². The second-order valence-electron chi connectivity index (χ2n) is 7.52. The number of aryl methyl sites for hydroxylation is 1. The number of hydrogen-bond donors (Lipinski definition) is 2. The molecule has 0 fully saturated rings. The summed E-state index contributed by atoms with van der Waals surface area (Å²) in [7, 11) is -3.62. The Morgan fingerprint density at radius 1 is 1.19 bits per heavy atom. The molecule has 0 spiro atoms. The van der Waals surface area contributed by atoms with Crippen LogP contribution < -0.4 is 19.7 Å². The molecule has 1 heterocycles. The standard InChI is InChI=1S/C22H27N3O5S/c1-4-5-12-23-21(26)16-8-6-7-9-17(16)24-22(27)20-14-25(31(3,28)29)18-13-15(2)10-11-19(18)30-20/h6-11,13,20H,4-5,12,14H2,1-3H3,(H,23,26)(H,24,27)/t20-/m0/s1. The molecule has 31 heavy (non-hydrogen) atoms. The highest BCUT2D eigenvalue weighted by Gasteiger charge is 2.35. The van der Waals surface area contributed by atoms with Crippen LogP contribution in [0.25, 0.3) is 0 Å². The number of sulfonamides is 1. The Morgan fingerprint density at radius 3 is 2.65 bits per heavy atom. The van der Waals surface area contributed by atoms with E-state index in [0.29, 0.717) is 29.2 Å². The molecule has 0 bridgehead atoms. The van der Waals surface area contributed by atoms with Crippen LogP contribution >= 0.6 is 0 Å². The fraction of sp³-hybridized carbons (Fsp3) is 0.364. The van der Waals surface area contributed by atoms with Crippen molar-refractivity contribution in [2.45, 2.75) is 32.8 Å². The number of anilines is 2. The van der Waals surface area contributed by atoms with Crippen LogP contribution in [0.15, 0.2) is 42.5 Å². The van der Waals surface area contributed by atoms with Gasteiger partial charge in [0.1, 0.15) is 5.75 Å². The van der Waals surface area contributed by atoms with Gasteiger partial charge in [-0.2, -0.15) is 0 Å². The van der Waals surface area contributed by atoms with Gasteiger partial charge in [0.2, 0.25) is 10.0 Å². The fourth-order valence-corrected chi connectivity index (χ4v) is 4.20. The number of nitrogens with one attached hydrogen (secondary N) is 2. The molecule has 0 saturated carbocycles. The van der Waals surface area contributed by atoms with Crippen LogP contribution in [0.4, 0.5) is 11.4 Å². The minimum absolute atomic E-state index is 0.161. The van der Waals surface area contributed by atoms with Crippen molar-refractivity contribution in [2.75, 3.05) is 29.0 Å². The average molecular weight is 446 g/mol. The van der Waals surface area contributed by atoms with Gasteiger partial charge in [-0.05, 0) is 43.2 Å². The largest absolute Gasteiger partial charge is 0.476 e. The van der Waals surface area contributed by atoms with Gasteiger partial charge in [0.15, 0.2) is 6.10 Å². The van der Waals surface area contributed by atoms with Gasteiger partial charge >= 0.3 is 0 Å². The van der Waals surface area contributed by atoms with Gasteiger partial charge < -0.3 is 15.4 Å². The predicted molar refractivity (Wildman–Crippen MR) is 120 cm³/mol. The molecule has 2 aromatic carbocycles. The number of benzene rings is 2. The SMILES string of the molecule is CCCCNC(=O)c1ccccc1NC(=O)[C@@H]1CN(S(C)(=O)=O)c2cc(C)ccc2O1. The van der Waals surface area contributed by atoms with E-state index in [4.69, 9.17) is 4.74 Å². The fourth-order valence-electron chi connectivity index (χ4n) is 3.29. The second kappa shape index (κ2) is 9.38. The number of para-hydroxylation sites is 1. The molecule has 3 rings (SSSR count). The van der Waals surface area contributed by atoms with Gasteiger partial charge in [0, 0.05) is 6.54 Å². The summed E-state index contributed by atoms with van der Waals surface area (Å²) in [6.45, 7) is 4.26. The van der Waals surface area contributed by atoms with E-state index in [1.54, 1.807) is 42.5 Å². The smallest absolute Gasteiger partial charge is 0.267 e. The van der Waals surface area contributed by atoms with Gasteiger partial charge in [0.25, 0.3) is 11.8 Å². The molecule has 2 amide bonds. The van der Waals surface area contributed by atoms with E-state index in [1.165, 1.54) is 4.31 Å². The van der Waals surface area contributed by atoms with Crippen molar-refractivity contribution in [1.82, 2.24) is 5.32 Å². The van der Waals surface area contributed by atoms with Crippen LogP contribution in [0.3, 0.4) is 0 Å². The van der Waals surface area contributed by atoms with Gasteiger partial charge in [-0.3, -0.25) is 13.9 Å². The molecule has 0 aliphatic carbocycles. The topological polar surface area (TPSA) is 105 Å². The predicted octanol–water partition coefficient (Wildman–Crippen LogP) is 2.69. The Bertz CT molecular complexity index is 1080. The van der Waals surface area contributed by atoms with Crippen LogP contribution in [0, 0.1) is 6.92 Å². The first-order valence-electron chi connectivity index (χ1n) is 10.1. The number of nitrogens with zero attached hydrogens (tertiary/aromatic N) is 1. The maximum absolute atomic E-state index is 13.0. The summed E-state index contributed by atoms with van der Waals surface area (Å²) in [5, 5.41) is 5.55. The van der Waals surface area contributed by atoms with Gasteiger partial charge in [0.05, 0.1) is 29.7 Å². The Kier molecular flexibility index (Phi) is 6.84. The van der Waals surface area contributed by atoms with Crippen molar-refractivity contribution >= 4 is 33.2 Å². The lowest BCUT2D eigenvalue weighted by molar-refractivity contribution is -0.122. The van der Waals surface area contributed by atoms with Crippen molar-refractivity contribution < 1.29 is 22.7 Å². The van der Waals surface area contributed by atoms with Crippen molar-refractivity contribution in [3.8, 4) is 5.75 Å². The van der Waals surface area contributed by atoms with Crippen LogP contribution in [-0.4, -0.2) is 45.7 Å². The Morgan fingerprint density at radius 2 is 1.94 bits per heavy atom. The van der Waals surface area contributed by atoms with Crippen LogP contribution in [0.5, 0.6) is 5.75 Å². The highest BCUT2D eigenvalue weighted by atomic mass is 32.2. The second-order valence-corrected chi connectivity index (χ2v) is 9.42. The zero-order chi connectivity index (χ0) is 22.6. The van der Waals surface area contributed by atoms with E-state index in [0.717, 1.165) is 24.7 Å². The number of ether oxygens (including phenoxy) is 1. The molecule has 9 heteroatoms. The molecule has 0 saturated heterocycles. The first-order chi connectivity index (χ1) is 14.7. The van der Waals surface area contributed by atoms with Crippen molar-refractivity contribution in [1.29, 1.82) is 0 Å². The summed E-state index contributed by atoms with van der Waals surface area (Å²) in [4.78, 5) is 25.5. The number of hydrogen-bond acceptors (Lipinski definition) is 5. The first kappa shape index (κ1) is 22.6. The first-order valence-corrected chi connectivity index (χ1v) is 12.0. The van der Waals surface area contributed by atoms with Crippen LogP contribution in [0.2, 0.25) is 0 Å². The zero-order valence-electron chi connectivity index (χ0n) is 17.8. The molecular formula is C22H27N3O5S. The number of rotatable bonds is 7. The van der Waals surface area contributed by atoms with Gasteiger partial charge in [-0.25, -0.2) is 8.42 Å². The maximum atomic E-state index is 13.0. The Balaban J connectivity index is 1.82. The summed E-state index contributed by atoms with van der Waals surface area (Å²) < 4.78 is 31.7. The Labute approximate surface area is 182 Å². The molecule has 2 aromatic rings. The number of fused-ring (bicyclic) bond motifs is 1. The zero-order valence-corrected chi connectivity index (χ0v) is 18.7. The lowest BCUT2D eigenvalue weighted by Gasteiger charge is -2.34. The number of carbonyl (C=O) groups is 2.